The van der Waals surface area contributed by atoms with Crippen LogP contribution >= 0.6 is 0 Å². The fraction of sp³-hybridized carbons (Fsp3) is 0.429. The number of H-pyrrole nitrogens is 1. The van der Waals surface area contributed by atoms with Crippen molar-refractivity contribution in [2.24, 2.45) is 5.92 Å². The maximum Gasteiger partial charge on any atom is 0.490 e. The zero-order chi connectivity index (χ0) is 32.6. The Morgan fingerprint density at radius 2 is 1.84 bits per heavy atom. The highest BCUT2D eigenvalue weighted by atomic mass is 19.4. The van der Waals surface area contributed by atoms with E-state index in [1.54, 1.807) is 25.3 Å². The topological polar surface area (TPSA) is 171 Å². The van der Waals surface area contributed by atoms with Crippen molar-refractivity contribution in [2.75, 3.05) is 14.1 Å². The second-order valence-corrected chi connectivity index (χ2v) is 11.0. The standard InChI is InChI=1S/C26H29FN6O4.C2HF3O2/c1-14-10-16(4-5-18(14)27)11-17-12-28-21(29-17)19-20(34)23(36)33-13-15-6-8-26(9-7-15,25(33)30-19)31-22(35)24(37)32(2)3;3-2(4,5)1(6)7/h4-5,10,12,15,34H,6-9,11,13H2,1-3H3,(H,28,29)(H,31,35);(H,6,7). The number of aromatic nitrogens is 4. The maximum atomic E-state index is 13.6. The lowest BCUT2D eigenvalue weighted by atomic mass is 9.77. The number of carboxylic acids is 1. The number of likely N-dealkylation sites (N-methyl/N-ethyl adjacent to an activating group) is 1. The molecule has 0 radical (unpaired) electrons. The van der Waals surface area contributed by atoms with Crippen molar-refractivity contribution in [3.05, 3.63) is 63.2 Å². The number of aryl methyl sites for hydroxylation is 1. The van der Waals surface area contributed by atoms with Gasteiger partial charge in [-0.3, -0.25) is 19.0 Å². The summed E-state index contributed by atoms with van der Waals surface area (Å²) in [5.41, 5.74) is 0.452. The van der Waals surface area contributed by atoms with Crippen LogP contribution in [0.2, 0.25) is 0 Å². The Morgan fingerprint density at radius 1 is 1.20 bits per heavy atom. The average Bonchev–Trinajstić information content (AvgIpc) is 3.29. The van der Waals surface area contributed by atoms with Gasteiger partial charge in [0.15, 0.2) is 11.5 Å². The van der Waals surface area contributed by atoms with E-state index in [2.05, 4.69) is 20.3 Å². The van der Waals surface area contributed by atoms with Crippen molar-refractivity contribution in [1.29, 1.82) is 0 Å². The molecule has 0 unspecified atom stereocenters. The minimum Gasteiger partial charge on any atom is -0.501 e. The molecule has 3 aliphatic rings. The fourth-order valence-electron chi connectivity index (χ4n) is 5.34. The number of alkyl halides is 3. The summed E-state index contributed by atoms with van der Waals surface area (Å²) in [5, 5.41) is 20.8. The molecule has 0 spiro atoms. The number of fused-ring (bicyclic) bond motifs is 2. The molecule has 6 rings (SSSR count). The number of carboxylic acid groups (broad SMARTS) is 1. The third kappa shape index (κ3) is 6.58. The molecule has 44 heavy (non-hydrogen) atoms. The average molecular weight is 623 g/mol. The summed E-state index contributed by atoms with van der Waals surface area (Å²) in [6.07, 6.45) is -0.527. The summed E-state index contributed by atoms with van der Waals surface area (Å²) in [6, 6.07) is 4.84. The van der Waals surface area contributed by atoms with Crippen LogP contribution in [0.25, 0.3) is 11.5 Å². The SMILES string of the molecule is Cc1cc(Cc2cnc(-c3nc4n(c(=O)c3O)CC3CCC4(NC(=O)C(=O)N(C)C)CC3)[nH]2)ccc1F.O=C(O)C(F)(F)F. The largest absolute Gasteiger partial charge is 0.501 e. The van der Waals surface area contributed by atoms with E-state index >= 15 is 0 Å². The Balaban J connectivity index is 0.000000566. The lowest BCUT2D eigenvalue weighted by Crippen LogP contribution is -2.53. The van der Waals surface area contributed by atoms with Gasteiger partial charge in [0.2, 0.25) is 5.75 Å². The van der Waals surface area contributed by atoms with Gasteiger partial charge < -0.3 is 25.4 Å². The van der Waals surface area contributed by atoms with E-state index in [0.29, 0.717) is 42.9 Å². The van der Waals surface area contributed by atoms with E-state index in [1.165, 1.54) is 29.6 Å². The lowest BCUT2D eigenvalue weighted by Gasteiger charge is -2.37. The third-order valence-electron chi connectivity index (χ3n) is 7.64. The molecule has 2 amide bonds. The molecular weight excluding hydrogens is 592 g/mol. The van der Waals surface area contributed by atoms with Crippen LogP contribution in [0, 0.1) is 18.7 Å². The Labute approximate surface area is 247 Å². The predicted molar refractivity (Wildman–Crippen MR) is 146 cm³/mol. The van der Waals surface area contributed by atoms with Crippen molar-refractivity contribution >= 4 is 17.8 Å². The number of nitrogens with zero attached hydrogens (tertiary/aromatic N) is 4. The van der Waals surface area contributed by atoms with E-state index < -0.39 is 40.8 Å². The van der Waals surface area contributed by atoms with Gasteiger partial charge in [-0.15, -0.1) is 0 Å². The molecule has 0 atom stereocenters. The number of aromatic amines is 1. The highest BCUT2D eigenvalue weighted by molar-refractivity contribution is 6.35. The number of carbonyl (C=O) groups is 3. The van der Waals surface area contributed by atoms with Gasteiger partial charge in [0, 0.05) is 39.0 Å². The van der Waals surface area contributed by atoms with Crippen LogP contribution < -0.4 is 10.9 Å². The van der Waals surface area contributed by atoms with E-state index in [1.807, 2.05) is 0 Å². The number of carbonyl (C=O) groups excluding carboxylic acids is 2. The minimum atomic E-state index is -5.08. The molecule has 4 N–H and O–H groups in total. The molecule has 4 heterocycles. The maximum absolute atomic E-state index is 13.6. The van der Waals surface area contributed by atoms with Gasteiger partial charge in [0.05, 0.1) is 5.54 Å². The highest BCUT2D eigenvalue weighted by Crippen LogP contribution is 2.43. The number of hydrogen-bond donors (Lipinski definition) is 4. The number of nitrogens with one attached hydrogen (secondary N) is 2. The second-order valence-electron chi connectivity index (χ2n) is 11.0. The summed E-state index contributed by atoms with van der Waals surface area (Å²) >= 11 is 0. The van der Waals surface area contributed by atoms with Crippen LogP contribution in [0.5, 0.6) is 5.75 Å². The summed E-state index contributed by atoms with van der Waals surface area (Å²) in [5.74, 6) is -4.31. The number of benzene rings is 1. The van der Waals surface area contributed by atoms with Crippen LogP contribution in [0.15, 0.2) is 29.2 Å². The van der Waals surface area contributed by atoms with Gasteiger partial charge in [0.25, 0.3) is 5.56 Å². The first-order valence-electron chi connectivity index (χ1n) is 13.5. The normalized spacial score (nSPS) is 18.8. The molecule has 12 nitrogen and oxygen atoms in total. The quantitative estimate of drug-likeness (QED) is 0.254. The molecule has 1 aliphatic carbocycles. The summed E-state index contributed by atoms with van der Waals surface area (Å²) in [4.78, 5) is 60.7. The predicted octanol–water partition coefficient (Wildman–Crippen LogP) is 2.61. The number of aliphatic carboxylic acids is 1. The number of aromatic hydroxyl groups is 1. The van der Waals surface area contributed by atoms with Crippen molar-refractivity contribution in [3.8, 4) is 17.3 Å². The Bertz CT molecular complexity index is 1660. The number of imidazole rings is 1. The highest BCUT2D eigenvalue weighted by Gasteiger charge is 2.46. The molecular formula is C28H30F4N6O6. The number of amides is 2. The molecule has 2 aliphatic heterocycles. The molecule has 1 saturated carbocycles. The van der Waals surface area contributed by atoms with E-state index in [4.69, 9.17) is 9.90 Å². The van der Waals surface area contributed by atoms with Gasteiger partial charge >= 0.3 is 24.0 Å². The minimum absolute atomic E-state index is 0.0179. The molecule has 0 saturated heterocycles. The first kappa shape index (κ1) is 32.2. The van der Waals surface area contributed by atoms with Crippen molar-refractivity contribution < 1.29 is 42.2 Å². The molecule has 3 aromatic rings. The van der Waals surface area contributed by atoms with Crippen LogP contribution in [0.4, 0.5) is 17.6 Å². The van der Waals surface area contributed by atoms with Crippen LogP contribution in [0.3, 0.4) is 0 Å². The monoisotopic (exact) mass is 622 g/mol. The van der Waals surface area contributed by atoms with E-state index in [-0.39, 0.29) is 23.3 Å². The van der Waals surface area contributed by atoms with Gasteiger partial charge in [-0.1, -0.05) is 12.1 Å². The van der Waals surface area contributed by atoms with Gasteiger partial charge in [-0.25, -0.2) is 19.2 Å². The van der Waals surface area contributed by atoms with Gasteiger partial charge in [-0.05, 0) is 55.7 Å². The lowest BCUT2D eigenvalue weighted by molar-refractivity contribution is -0.192. The van der Waals surface area contributed by atoms with E-state index in [0.717, 1.165) is 18.4 Å². The fourth-order valence-corrected chi connectivity index (χ4v) is 5.34. The third-order valence-corrected chi connectivity index (χ3v) is 7.64. The Kier molecular flexibility index (Phi) is 8.83. The van der Waals surface area contributed by atoms with Crippen LogP contribution in [-0.4, -0.2) is 72.7 Å². The molecule has 236 valence electrons. The number of rotatable bonds is 4. The molecule has 1 aromatic carbocycles. The first-order chi connectivity index (χ1) is 20.5. The van der Waals surface area contributed by atoms with Crippen molar-refractivity contribution in [2.45, 2.75) is 57.3 Å². The summed E-state index contributed by atoms with van der Waals surface area (Å²) < 4.78 is 46.8. The van der Waals surface area contributed by atoms with Gasteiger partial charge in [0.1, 0.15) is 11.6 Å². The van der Waals surface area contributed by atoms with Crippen molar-refractivity contribution in [3.63, 3.8) is 0 Å². The smallest absolute Gasteiger partial charge is 0.490 e. The van der Waals surface area contributed by atoms with Crippen molar-refractivity contribution in [1.82, 2.24) is 29.7 Å². The van der Waals surface area contributed by atoms with E-state index in [9.17, 15) is 37.1 Å². The van der Waals surface area contributed by atoms with Crippen LogP contribution in [-0.2, 0) is 32.9 Å². The Morgan fingerprint density at radius 3 is 2.41 bits per heavy atom. The molecule has 2 bridgehead atoms. The zero-order valence-electron chi connectivity index (χ0n) is 24.0. The van der Waals surface area contributed by atoms with Crippen LogP contribution in [0.1, 0.15) is 48.3 Å². The Hall–Kier alpha value is -4.76. The summed E-state index contributed by atoms with van der Waals surface area (Å²) in [6.45, 7) is 2.07. The molecule has 2 aromatic heterocycles. The second kappa shape index (κ2) is 12.1. The molecule has 16 heteroatoms. The van der Waals surface area contributed by atoms with Gasteiger partial charge in [-0.2, -0.15) is 13.2 Å². The first-order valence-corrected chi connectivity index (χ1v) is 13.5. The number of halogens is 4. The molecule has 1 fully saturated rings. The summed E-state index contributed by atoms with van der Waals surface area (Å²) in [7, 11) is 3.00. The zero-order valence-corrected chi connectivity index (χ0v) is 24.0. The number of hydrogen-bond acceptors (Lipinski definition) is 7.